The smallest absolute Gasteiger partial charge is 0.251 e. The molecule has 0 saturated carbocycles. The lowest BCUT2D eigenvalue weighted by Gasteiger charge is -2.11. The Kier molecular flexibility index (Phi) is 5.33. The molecule has 1 heterocycles. The van der Waals surface area contributed by atoms with Gasteiger partial charge in [0.2, 0.25) is 21.8 Å². The van der Waals surface area contributed by atoms with Gasteiger partial charge in [-0.2, -0.15) is 4.72 Å². The van der Waals surface area contributed by atoms with Gasteiger partial charge in [-0.15, -0.1) is 16.6 Å². The molecule has 2 rings (SSSR count). The fourth-order valence-electron chi connectivity index (χ4n) is 1.85. The first-order valence-corrected chi connectivity index (χ1v) is 8.46. The Balaban J connectivity index is 2.16. The highest BCUT2D eigenvalue weighted by atomic mass is 32.2. The van der Waals surface area contributed by atoms with Crippen molar-refractivity contribution < 1.29 is 17.6 Å². The van der Waals surface area contributed by atoms with Crippen LogP contribution in [0.2, 0.25) is 0 Å². The molecule has 0 aliphatic carbocycles. The number of sulfonamides is 1. The molecule has 1 atom stereocenters. The molecule has 0 saturated heterocycles. The minimum atomic E-state index is -3.77. The van der Waals surface area contributed by atoms with Crippen LogP contribution in [0.1, 0.15) is 35.1 Å². The Morgan fingerprint density at radius 1 is 1.42 bits per heavy atom. The number of carbonyl (C=O) groups excluding carboxylic acids is 1. The van der Waals surface area contributed by atoms with Gasteiger partial charge in [-0.3, -0.25) is 4.79 Å². The number of aromatic nitrogens is 2. The summed E-state index contributed by atoms with van der Waals surface area (Å²) in [5.41, 5.74) is 0.182. The largest absolute Gasteiger partial charge is 0.423 e. The van der Waals surface area contributed by atoms with Gasteiger partial charge in [0.25, 0.3) is 5.91 Å². The van der Waals surface area contributed by atoms with Gasteiger partial charge >= 0.3 is 0 Å². The van der Waals surface area contributed by atoms with Crippen molar-refractivity contribution in [1.29, 1.82) is 0 Å². The molecule has 0 bridgehead atoms. The van der Waals surface area contributed by atoms with E-state index in [1.807, 2.05) is 0 Å². The summed E-state index contributed by atoms with van der Waals surface area (Å²) >= 11 is 0. The summed E-state index contributed by atoms with van der Waals surface area (Å²) in [4.78, 5) is 12.2. The van der Waals surface area contributed by atoms with Gasteiger partial charge in [0.05, 0.1) is 11.4 Å². The first kappa shape index (κ1) is 17.7. The Hall–Kier alpha value is -2.70. The Labute approximate surface area is 139 Å². The van der Waals surface area contributed by atoms with Gasteiger partial charge in [0, 0.05) is 12.5 Å². The molecule has 8 nitrogen and oxygen atoms in total. The van der Waals surface area contributed by atoms with Crippen LogP contribution >= 0.6 is 0 Å². The zero-order chi connectivity index (χ0) is 17.7. The van der Waals surface area contributed by atoms with Gasteiger partial charge in [0.1, 0.15) is 6.04 Å². The topological polar surface area (TPSA) is 114 Å². The molecular formula is C15H16N4O4S. The first-order chi connectivity index (χ1) is 11.3. The summed E-state index contributed by atoms with van der Waals surface area (Å²) in [6.45, 7) is 3.19. The zero-order valence-corrected chi connectivity index (χ0v) is 13.9. The van der Waals surface area contributed by atoms with Crippen molar-refractivity contribution in [2.75, 3.05) is 6.54 Å². The summed E-state index contributed by atoms with van der Waals surface area (Å²) in [7, 11) is -3.77. The van der Waals surface area contributed by atoms with Crippen LogP contribution in [-0.4, -0.2) is 31.1 Å². The van der Waals surface area contributed by atoms with Gasteiger partial charge < -0.3 is 9.73 Å². The fourth-order valence-corrected chi connectivity index (χ4v) is 2.83. The van der Waals surface area contributed by atoms with E-state index in [1.165, 1.54) is 24.3 Å². The van der Waals surface area contributed by atoms with Crippen molar-refractivity contribution in [1.82, 2.24) is 20.2 Å². The summed E-state index contributed by atoms with van der Waals surface area (Å²) in [6.07, 6.45) is 5.04. The number of carbonyl (C=O) groups is 1. The van der Waals surface area contributed by atoms with Crippen molar-refractivity contribution in [2.45, 2.75) is 24.8 Å². The molecule has 1 aromatic heterocycles. The van der Waals surface area contributed by atoms with Gasteiger partial charge in [-0.25, -0.2) is 8.42 Å². The van der Waals surface area contributed by atoms with E-state index in [-0.39, 0.29) is 22.9 Å². The van der Waals surface area contributed by atoms with Crippen LogP contribution in [0.25, 0.3) is 0 Å². The SMILES string of the molecule is C#CCNS(=O)(=O)c1cccc(C(=O)N[C@@H](C)c2nnc(C)o2)c1. The van der Waals surface area contributed by atoms with E-state index in [1.54, 1.807) is 13.8 Å². The average molecular weight is 348 g/mol. The van der Waals surface area contributed by atoms with Crippen LogP contribution in [0.3, 0.4) is 0 Å². The normalized spacial score (nSPS) is 12.4. The van der Waals surface area contributed by atoms with E-state index in [0.717, 1.165) is 0 Å². The fraction of sp³-hybridized carbons (Fsp3) is 0.267. The number of nitrogens with zero attached hydrogens (tertiary/aromatic N) is 2. The molecule has 0 fully saturated rings. The predicted molar refractivity (Wildman–Crippen MR) is 85.4 cm³/mol. The number of hydrogen-bond acceptors (Lipinski definition) is 6. The van der Waals surface area contributed by atoms with Crippen LogP contribution in [0.5, 0.6) is 0 Å². The quantitative estimate of drug-likeness (QED) is 0.746. The second kappa shape index (κ2) is 7.25. The second-order valence-corrected chi connectivity index (χ2v) is 6.68. The number of nitrogens with one attached hydrogen (secondary N) is 2. The molecule has 0 aliphatic heterocycles. The Morgan fingerprint density at radius 2 is 2.17 bits per heavy atom. The van der Waals surface area contributed by atoms with Crippen LogP contribution in [0.4, 0.5) is 0 Å². The van der Waals surface area contributed by atoms with Crippen LogP contribution in [0.15, 0.2) is 33.6 Å². The zero-order valence-electron chi connectivity index (χ0n) is 13.1. The van der Waals surface area contributed by atoms with E-state index < -0.39 is 22.0 Å². The van der Waals surface area contributed by atoms with Gasteiger partial charge in [0.15, 0.2) is 0 Å². The predicted octanol–water partition coefficient (Wildman–Crippen LogP) is 0.781. The lowest BCUT2D eigenvalue weighted by molar-refractivity contribution is 0.0933. The number of rotatable bonds is 6. The first-order valence-electron chi connectivity index (χ1n) is 6.97. The lowest BCUT2D eigenvalue weighted by atomic mass is 10.2. The third-order valence-corrected chi connectivity index (χ3v) is 4.43. The summed E-state index contributed by atoms with van der Waals surface area (Å²) < 4.78 is 31.6. The van der Waals surface area contributed by atoms with Crippen LogP contribution < -0.4 is 10.0 Å². The standard InChI is InChI=1S/C15H16N4O4S/c1-4-8-16-24(21,22)13-7-5-6-12(9-13)14(20)17-10(2)15-19-18-11(3)23-15/h1,5-7,9-10,16H,8H2,2-3H3,(H,17,20)/t10-/m0/s1. The monoisotopic (exact) mass is 348 g/mol. The third kappa shape index (κ3) is 4.18. The number of benzene rings is 1. The molecule has 126 valence electrons. The molecule has 2 N–H and O–H groups in total. The molecule has 9 heteroatoms. The van der Waals surface area contributed by atoms with Crippen molar-refractivity contribution in [3.63, 3.8) is 0 Å². The van der Waals surface area contributed by atoms with E-state index >= 15 is 0 Å². The van der Waals surface area contributed by atoms with Crippen LogP contribution in [-0.2, 0) is 10.0 Å². The maximum Gasteiger partial charge on any atom is 0.251 e. The van der Waals surface area contributed by atoms with Crippen molar-refractivity contribution in [2.24, 2.45) is 0 Å². The molecule has 2 aromatic rings. The van der Waals surface area contributed by atoms with Crippen molar-refractivity contribution in [3.05, 3.63) is 41.6 Å². The van der Waals surface area contributed by atoms with Gasteiger partial charge in [-0.05, 0) is 25.1 Å². The van der Waals surface area contributed by atoms with E-state index in [9.17, 15) is 13.2 Å². The highest BCUT2D eigenvalue weighted by Crippen LogP contribution is 2.14. The molecule has 0 unspecified atom stereocenters. The maximum absolute atomic E-state index is 12.3. The molecule has 24 heavy (non-hydrogen) atoms. The Morgan fingerprint density at radius 3 is 2.79 bits per heavy atom. The summed E-state index contributed by atoms with van der Waals surface area (Å²) in [6, 6.07) is 5.10. The Bertz CT molecular complexity index is 883. The second-order valence-electron chi connectivity index (χ2n) is 4.91. The minimum absolute atomic E-state index is 0.0494. The molecule has 0 spiro atoms. The summed E-state index contributed by atoms with van der Waals surface area (Å²) in [5, 5.41) is 10.2. The number of hydrogen-bond donors (Lipinski definition) is 2. The third-order valence-electron chi connectivity index (χ3n) is 3.03. The molecule has 1 amide bonds. The number of amides is 1. The average Bonchev–Trinajstić information content (AvgIpc) is 2.99. The van der Waals surface area contributed by atoms with E-state index in [4.69, 9.17) is 10.8 Å². The maximum atomic E-state index is 12.3. The van der Waals surface area contributed by atoms with Gasteiger partial charge in [-0.1, -0.05) is 12.0 Å². The van der Waals surface area contributed by atoms with Crippen LogP contribution in [0, 0.1) is 19.3 Å². The molecule has 0 radical (unpaired) electrons. The summed E-state index contributed by atoms with van der Waals surface area (Å²) in [5.74, 6) is 2.37. The van der Waals surface area contributed by atoms with E-state index in [0.29, 0.717) is 5.89 Å². The highest BCUT2D eigenvalue weighted by Gasteiger charge is 2.19. The molecule has 0 aliphatic rings. The van der Waals surface area contributed by atoms with Crippen molar-refractivity contribution in [3.8, 4) is 12.3 Å². The number of aryl methyl sites for hydroxylation is 1. The lowest BCUT2D eigenvalue weighted by Crippen LogP contribution is -2.28. The molecule has 1 aromatic carbocycles. The highest BCUT2D eigenvalue weighted by molar-refractivity contribution is 7.89. The minimum Gasteiger partial charge on any atom is -0.423 e. The molecular weight excluding hydrogens is 332 g/mol. The van der Waals surface area contributed by atoms with Crippen molar-refractivity contribution >= 4 is 15.9 Å². The number of terminal acetylenes is 1. The van der Waals surface area contributed by atoms with E-state index in [2.05, 4.69) is 26.2 Å².